The normalized spacial score (nSPS) is 18.9. The Hall–Kier alpha value is -3.32. The standard InChI is InChI=1S/C27H30FN5O/c1-31-14-16-32(17-15-31)26-19-21(11-12-29-26)27(34)33-13-5-10-25(33)24-9-4-7-22(30-24)18-20-6-2-3-8-23(20)28/h2-4,6-9,11-12,19,25H,5,10,13-18H2,1H3/t25-/m0/s1. The van der Waals surface area contributed by atoms with Crippen LogP contribution in [0.4, 0.5) is 10.2 Å². The van der Waals surface area contributed by atoms with E-state index in [-0.39, 0.29) is 17.8 Å². The molecule has 2 fully saturated rings. The maximum Gasteiger partial charge on any atom is 0.254 e. The maximum absolute atomic E-state index is 14.1. The van der Waals surface area contributed by atoms with E-state index in [1.165, 1.54) is 6.07 Å². The first-order valence-corrected chi connectivity index (χ1v) is 12.0. The van der Waals surface area contributed by atoms with Gasteiger partial charge in [-0.2, -0.15) is 0 Å². The number of hydrogen-bond acceptors (Lipinski definition) is 5. The predicted molar refractivity (Wildman–Crippen MR) is 130 cm³/mol. The van der Waals surface area contributed by atoms with Gasteiger partial charge in [-0.1, -0.05) is 24.3 Å². The van der Waals surface area contributed by atoms with Crippen LogP contribution in [0.2, 0.25) is 0 Å². The molecule has 34 heavy (non-hydrogen) atoms. The Bertz CT molecular complexity index is 1160. The molecule has 5 rings (SSSR count). The number of likely N-dealkylation sites (N-methyl/N-ethyl adjacent to an activating group) is 1. The fourth-order valence-corrected chi connectivity index (χ4v) is 4.86. The smallest absolute Gasteiger partial charge is 0.254 e. The number of piperazine rings is 1. The van der Waals surface area contributed by atoms with E-state index in [4.69, 9.17) is 4.98 Å². The van der Waals surface area contributed by atoms with Crippen LogP contribution in [0.15, 0.2) is 60.8 Å². The highest BCUT2D eigenvalue weighted by atomic mass is 19.1. The highest BCUT2D eigenvalue weighted by Gasteiger charge is 2.32. The highest BCUT2D eigenvalue weighted by Crippen LogP contribution is 2.33. The summed E-state index contributed by atoms with van der Waals surface area (Å²) in [6.45, 7) is 4.50. The molecule has 0 radical (unpaired) electrons. The highest BCUT2D eigenvalue weighted by molar-refractivity contribution is 5.95. The summed E-state index contributed by atoms with van der Waals surface area (Å²) >= 11 is 0. The second-order valence-corrected chi connectivity index (χ2v) is 9.17. The van der Waals surface area contributed by atoms with Gasteiger partial charge >= 0.3 is 0 Å². The molecule has 0 N–H and O–H groups in total. The minimum absolute atomic E-state index is 0.0154. The number of hydrogen-bond donors (Lipinski definition) is 0. The van der Waals surface area contributed by atoms with Crippen LogP contribution in [0.25, 0.3) is 0 Å². The number of benzene rings is 1. The van der Waals surface area contributed by atoms with E-state index < -0.39 is 0 Å². The van der Waals surface area contributed by atoms with Crippen molar-refractivity contribution in [2.75, 3.05) is 44.7 Å². The van der Waals surface area contributed by atoms with Crippen LogP contribution in [-0.2, 0) is 6.42 Å². The Morgan fingerprint density at radius 3 is 2.68 bits per heavy atom. The van der Waals surface area contributed by atoms with Crippen LogP contribution < -0.4 is 4.90 Å². The van der Waals surface area contributed by atoms with Crippen molar-refractivity contribution in [3.8, 4) is 0 Å². The average molecular weight is 460 g/mol. The summed E-state index contributed by atoms with van der Waals surface area (Å²) in [4.78, 5) is 29.4. The summed E-state index contributed by atoms with van der Waals surface area (Å²) in [6, 6.07) is 16.3. The molecule has 0 unspecified atom stereocenters. The second-order valence-electron chi connectivity index (χ2n) is 9.17. The van der Waals surface area contributed by atoms with Crippen LogP contribution in [0.5, 0.6) is 0 Å². The first-order chi connectivity index (χ1) is 16.6. The van der Waals surface area contributed by atoms with Crippen LogP contribution in [-0.4, -0.2) is 65.4 Å². The molecule has 6 nitrogen and oxygen atoms in total. The van der Waals surface area contributed by atoms with Gasteiger partial charge in [-0.05, 0) is 55.8 Å². The number of aromatic nitrogens is 2. The first kappa shape index (κ1) is 22.5. The third kappa shape index (κ3) is 4.80. The van der Waals surface area contributed by atoms with Gasteiger partial charge in [0.2, 0.25) is 0 Å². The molecule has 0 spiro atoms. The van der Waals surface area contributed by atoms with Crippen molar-refractivity contribution in [1.29, 1.82) is 0 Å². The lowest BCUT2D eigenvalue weighted by Crippen LogP contribution is -2.44. The van der Waals surface area contributed by atoms with E-state index in [1.54, 1.807) is 24.4 Å². The molecule has 0 bridgehead atoms. The molecular weight excluding hydrogens is 429 g/mol. The largest absolute Gasteiger partial charge is 0.354 e. The number of halogens is 1. The van der Waals surface area contributed by atoms with E-state index in [0.29, 0.717) is 24.1 Å². The third-order valence-corrected chi connectivity index (χ3v) is 6.83. The molecule has 7 heteroatoms. The summed E-state index contributed by atoms with van der Waals surface area (Å²) in [7, 11) is 2.12. The van der Waals surface area contributed by atoms with Crippen LogP contribution in [0, 0.1) is 5.82 Å². The molecular formula is C27H30FN5O. The van der Waals surface area contributed by atoms with E-state index in [1.807, 2.05) is 35.2 Å². The molecule has 2 aliphatic rings. The molecule has 2 saturated heterocycles. The van der Waals surface area contributed by atoms with Gasteiger partial charge in [0.15, 0.2) is 0 Å². The second kappa shape index (κ2) is 9.89. The maximum atomic E-state index is 14.1. The fourth-order valence-electron chi connectivity index (χ4n) is 4.86. The molecule has 1 aromatic carbocycles. The number of carbonyl (C=O) groups is 1. The monoisotopic (exact) mass is 459 g/mol. The summed E-state index contributed by atoms with van der Waals surface area (Å²) < 4.78 is 14.1. The van der Waals surface area contributed by atoms with Crippen molar-refractivity contribution in [3.05, 3.63) is 89.1 Å². The topological polar surface area (TPSA) is 52.6 Å². The number of likely N-dealkylation sites (tertiary alicyclic amines) is 1. The van der Waals surface area contributed by atoms with Gasteiger partial charge in [0.1, 0.15) is 11.6 Å². The molecule has 1 atom stereocenters. The zero-order valence-corrected chi connectivity index (χ0v) is 19.5. The van der Waals surface area contributed by atoms with E-state index >= 15 is 0 Å². The molecule has 2 aromatic heterocycles. The van der Waals surface area contributed by atoms with Crippen molar-refractivity contribution in [2.45, 2.75) is 25.3 Å². The number of pyridine rings is 2. The van der Waals surface area contributed by atoms with Gasteiger partial charge in [-0.25, -0.2) is 9.37 Å². The minimum atomic E-state index is -0.221. The third-order valence-electron chi connectivity index (χ3n) is 6.83. The minimum Gasteiger partial charge on any atom is -0.354 e. The molecule has 3 aromatic rings. The van der Waals surface area contributed by atoms with Gasteiger partial charge in [-0.3, -0.25) is 9.78 Å². The van der Waals surface area contributed by atoms with Crippen molar-refractivity contribution in [3.63, 3.8) is 0 Å². The number of carbonyl (C=O) groups excluding carboxylic acids is 1. The average Bonchev–Trinajstić information content (AvgIpc) is 3.36. The van der Waals surface area contributed by atoms with E-state index in [9.17, 15) is 9.18 Å². The summed E-state index contributed by atoms with van der Waals surface area (Å²) in [5.41, 5.74) is 2.97. The van der Waals surface area contributed by atoms with Crippen LogP contribution in [0.1, 0.15) is 46.2 Å². The lowest BCUT2D eigenvalue weighted by atomic mass is 10.1. The Morgan fingerprint density at radius 2 is 1.85 bits per heavy atom. The van der Waals surface area contributed by atoms with E-state index in [0.717, 1.165) is 56.2 Å². The molecule has 176 valence electrons. The van der Waals surface area contributed by atoms with E-state index in [2.05, 4.69) is 21.8 Å². The van der Waals surface area contributed by atoms with Crippen molar-refractivity contribution >= 4 is 11.7 Å². The molecule has 4 heterocycles. The summed E-state index contributed by atoms with van der Waals surface area (Å²) in [5, 5.41) is 0. The Kier molecular flexibility index (Phi) is 6.54. The Morgan fingerprint density at radius 1 is 1.03 bits per heavy atom. The SMILES string of the molecule is CN1CCN(c2cc(C(=O)N3CCC[C@H]3c3cccc(Cc4ccccc4F)n3)ccn2)CC1. The summed E-state index contributed by atoms with van der Waals surface area (Å²) in [6.07, 6.45) is 3.98. The number of amides is 1. The van der Waals surface area contributed by atoms with Gasteiger partial charge < -0.3 is 14.7 Å². The first-order valence-electron chi connectivity index (χ1n) is 12.0. The zero-order valence-electron chi connectivity index (χ0n) is 19.5. The van der Waals surface area contributed by atoms with Crippen molar-refractivity contribution in [2.24, 2.45) is 0 Å². The van der Waals surface area contributed by atoms with Crippen LogP contribution in [0.3, 0.4) is 0 Å². The number of anilines is 1. The van der Waals surface area contributed by atoms with Crippen LogP contribution >= 0.6 is 0 Å². The molecule has 0 saturated carbocycles. The van der Waals surface area contributed by atoms with Gasteiger partial charge in [0.05, 0.1) is 11.7 Å². The number of rotatable bonds is 5. The van der Waals surface area contributed by atoms with Gasteiger partial charge in [0, 0.05) is 56.6 Å². The molecule has 2 aliphatic heterocycles. The predicted octanol–water partition coefficient (Wildman–Crippen LogP) is 3.94. The summed E-state index contributed by atoms with van der Waals surface area (Å²) in [5.74, 6) is 0.655. The van der Waals surface area contributed by atoms with Gasteiger partial charge in [0.25, 0.3) is 5.91 Å². The quantitative estimate of drug-likeness (QED) is 0.579. The fraction of sp³-hybridized carbons (Fsp3) is 0.370. The lowest BCUT2D eigenvalue weighted by Gasteiger charge is -2.33. The Labute approximate surface area is 200 Å². The molecule has 1 amide bonds. The van der Waals surface area contributed by atoms with Gasteiger partial charge in [-0.15, -0.1) is 0 Å². The zero-order chi connectivity index (χ0) is 23.5. The Balaban J connectivity index is 1.34. The molecule has 0 aliphatic carbocycles. The van der Waals surface area contributed by atoms with Crippen molar-refractivity contribution < 1.29 is 9.18 Å². The lowest BCUT2D eigenvalue weighted by molar-refractivity contribution is 0.0732. The van der Waals surface area contributed by atoms with Crippen molar-refractivity contribution in [1.82, 2.24) is 19.8 Å². The number of nitrogens with zero attached hydrogens (tertiary/aromatic N) is 5.